The number of rotatable bonds is 7. The van der Waals surface area contributed by atoms with Crippen LogP contribution in [0, 0.1) is 15.5 Å². The van der Waals surface area contributed by atoms with Crippen LogP contribution < -0.4 is 10.6 Å². The van der Waals surface area contributed by atoms with Crippen LogP contribution in [-0.2, 0) is 14.4 Å². The van der Waals surface area contributed by atoms with E-state index in [2.05, 4.69) is 10.6 Å². The topological polar surface area (TPSA) is 122 Å². The van der Waals surface area contributed by atoms with Crippen LogP contribution in [0.25, 0.3) is 0 Å². The van der Waals surface area contributed by atoms with Crippen molar-refractivity contribution in [2.45, 2.75) is 38.5 Å². The van der Waals surface area contributed by atoms with E-state index in [1.165, 1.54) is 12.1 Å². The molecular formula is C19H24N4O5. The molecule has 2 fully saturated rings. The van der Waals surface area contributed by atoms with Gasteiger partial charge in [-0.15, -0.1) is 0 Å². The van der Waals surface area contributed by atoms with E-state index < -0.39 is 10.3 Å². The molecular weight excluding hydrogens is 364 g/mol. The molecule has 28 heavy (non-hydrogen) atoms. The second-order valence-corrected chi connectivity index (χ2v) is 7.38. The maximum absolute atomic E-state index is 12.7. The molecule has 0 bridgehead atoms. The molecule has 2 aliphatic rings. The molecule has 0 atom stereocenters. The predicted octanol–water partition coefficient (Wildman–Crippen LogP) is 1.83. The number of carbonyl (C=O) groups is 3. The van der Waals surface area contributed by atoms with Gasteiger partial charge in [0.1, 0.15) is 6.54 Å². The van der Waals surface area contributed by atoms with Crippen molar-refractivity contribution in [3.63, 3.8) is 0 Å². The van der Waals surface area contributed by atoms with Gasteiger partial charge in [0.2, 0.25) is 17.7 Å². The second kappa shape index (κ2) is 8.37. The van der Waals surface area contributed by atoms with Gasteiger partial charge in [-0.05, 0) is 25.0 Å². The average molecular weight is 388 g/mol. The molecule has 9 heteroatoms. The van der Waals surface area contributed by atoms with Crippen LogP contribution in [0.1, 0.15) is 38.5 Å². The quantitative estimate of drug-likeness (QED) is 0.318. The Balaban J connectivity index is 1.42. The minimum Gasteiger partial charge on any atom is -0.383 e. The van der Waals surface area contributed by atoms with E-state index in [1.807, 2.05) is 0 Å². The molecule has 0 radical (unpaired) electrons. The normalized spacial score (nSPS) is 18.4. The fourth-order valence-corrected chi connectivity index (χ4v) is 3.95. The standard InChI is InChI=1S/C19H24N4O5/c24-16(21-11-10-20-14-4-6-15(7-5-14)23(27)28)13-22-17(25)12-19(18(22)26)8-2-1-3-9-19/h4-7,20H,1-3,8-13H2,(H,21,24). The molecule has 3 amide bonds. The van der Waals surface area contributed by atoms with Gasteiger partial charge < -0.3 is 10.6 Å². The molecule has 1 spiro atoms. The van der Waals surface area contributed by atoms with Crippen LogP contribution in [0.15, 0.2) is 24.3 Å². The van der Waals surface area contributed by atoms with Gasteiger partial charge in [-0.25, -0.2) is 0 Å². The Morgan fingerprint density at radius 1 is 1.11 bits per heavy atom. The third kappa shape index (κ3) is 4.29. The van der Waals surface area contributed by atoms with E-state index in [0.29, 0.717) is 18.8 Å². The van der Waals surface area contributed by atoms with Gasteiger partial charge >= 0.3 is 0 Å². The number of hydrogen-bond donors (Lipinski definition) is 2. The van der Waals surface area contributed by atoms with Gasteiger partial charge in [0.25, 0.3) is 5.69 Å². The Labute approximate surface area is 162 Å². The van der Waals surface area contributed by atoms with Crippen LogP contribution in [-0.4, -0.2) is 47.2 Å². The van der Waals surface area contributed by atoms with Gasteiger partial charge in [0.15, 0.2) is 0 Å². The van der Waals surface area contributed by atoms with E-state index >= 15 is 0 Å². The molecule has 1 aliphatic carbocycles. The molecule has 1 aromatic rings. The molecule has 150 valence electrons. The lowest BCUT2D eigenvalue weighted by Crippen LogP contribution is -2.43. The minimum atomic E-state index is -0.576. The Morgan fingerprint density at radius 2 is 1.79 bits per heavy atom. The summed E-state index contributed by atoms with van der Waals surface area (Å²) in [6.07, 6.45) is 4.68. The van der Waals surface area contributed by atoms with Crippen LogP contribution in [0.4, 0.5) is 11.4 Å². The van der Waals surface area contributed by atoms with E-state index in [4.69, 9.17) is 0 Å². The fraction of sp³-hybridized carbons (Fsp3) is 0.526. The summed E-state index contributed by atoms with van der Waals surface area (Å²) < 4.78 is 0. The Kier molecular flexibility index (Phi) is 5.91. The van der Waals surface area contributed by atoms with Crippen molar-refractivity contribution >= 4 is 29.1 Å². The highest BCUT2D eigenvalue weighted by molar-refractivity contribution is 6.08. The maximum atomic E-state index is 12.7. The zero-order chi connectivity index (χ0) is 20.1. The number of nitrogens with zero attached hydrogens (tertiary/aromatic N) is 2. The number of imide groups is 1. The van der Waals surface area contributed by atoms with Gasteiger partial charge in [0.05, 0.1) is 10.3 Å². The highest BCUT2D eigenvalue weighted by Crippen LogP contribution is 2.45. The van der Waals surface area contributed by atoms with Gasteiger partial charge in [-0.3, -0.25) is 29.4 Å². The summed E-state index contributed by atoms with van der Waals surface area (Å²) in [6, 6.07) is 5.97. The average Bonchev–Trinajstić information content (AvgIpc) is 2.90. The van der Waals surface area contributed by atoms with Crippen LogP contribution >= 0.6 is 0 Å². The smallest absolute Gasteiger partial charge is 0.269 e. The molecule has 2 N–H and O–H groups in total. The Bertz CT molecular complexity index is 771. The number of nitro groups is 1. The van der Waals surface area contributed by atoms with Crippen molar-refractivity contribution in [3.8, 4) is 0 Å². The van der Waals surface area contributed by atoms with Crippen LogP contribution in [0.2, 0.25) is 0 Å². The summed E-state index contributed by atoms with van der Waals surface area (Å²) in [5.74, 6) is -0.831. The number of likely N-dealkylation sites (tertiary alicyclic amines) is 1. The lowest BCUT2D eigenvalue weighted by molar-refractivity contribution is -0.384. The third-order valence-electron chi connectivity index (χ3n) is 5.46. The number of hydrogen-bond acceptors (Lipinski definition) is 6. The maximum Gasteiger partial charge on any atom is 0.269 e. The Morgan fingerprint density at radius 3 is 2.43 bits per heavy atom. The largest absolute Gasteiger partial charge is 0.383 e. The SMILES string of the molecule is O=C(CN1C(=O)CC2(CCCCC2)C1=O)NCCNc1ccc([N+](=O)[O-])cc1. The molecule has 0 aromatic heterocycles. The summed E-state index contributed by atoms with van der Waals surface area (Å²) in [6.45, 7) is 0.476. The van der Waals surface area contributed by atoms with E-state index in [9.17, 15) is 24.5 Å². The number of anilines is 1. The van der Waals surface area contributed by atoms with Gasteiger partial charge in [-0.2, -0.15) is 0 Å². The molecule has 3 rings (SSSR count). The first-order valence-corrected chi connectivity index (χ1v) is 9.51. The lowest BCUT2D eigenvalue weighted by Gasteiger charge is -2.30. The first kappa shape index (κ1) is 19.8. The number of nitrogens with one attached hydrogen (secondary N) is 2. The monoisotopic (exact) mass is 388 g/mol. The Hall–Kier alpha value is -2.97. The van der Waals surface area contributed by atoms with Crippen molar-refractivity contribution in [2.75, 3.05) is 25.0 Å². The van der Waals surface area contributed by atoms with E-state index in [-0.39, 0.29) is 36.4 Å². The first-order valence-electron chi connectivity index (χ1n) is 9.51. The second-order valence-electron chi connectivity index (χ2n) is 7.38. The molecule has 1 saturated carbocycles. The zero-order valence-corrected chi connectivity index (χ0v) is 15.6. The molecule has 1 aliphatic heterocycles. The molecule has 1 aromatic carbocycles. The number of non-ortho nitro benzene ring substituents is 1. The van der Waals surface area contributed by atoms with Gasteiger partial charge in [0, 0.05) is 37.3 Å². The number of nitro benzene ring substituents is 1. The highest BCUT2D eigenvalue weighted by atomic mass is 16.6. The molecule has 9 nitrogen and oxygen atoms in total. The lowest BCUT2D eigenvalue weighted by atomic mass is 9.73. The zero-order valence-electron chi connectivity index (χ0n) is 15.6. The van der Waals surface area contributed by atoms with Gasteiger partial charge in [-0.1, -0.05) is 19.3 Å². The molecule has 1 saturated heterocycles. The number of amides is 3. The van der Waals surface area contributed by atoms with E-state index in [1.54, 1.807) is 12.1 Å². The highest BCUT2D eigenvalue weighted by Gasteiger charge is 2.51. The van der Waals surface area contributed by atoms with Crippen molar-refractivity contribution in [3.05, 3.63) is 34.4 Å². The predicted molar refractivity (Wildman–Crippen MR) is 101 cm³/mol. The van der Waals surface area contributed by atoms with Crippen LogP contribution in [0.5, 0.6) is 0 Å². The first-order chi connectivity index (χ1) is 13.4. The summed E-state index contributed by atoms with van der Waals surface area (Å²) in [7, 11) is 0. The number of benzene rings is 1. The number of carbonyl (C=O) groups excluding carboxylic acids is 3. The molecule has 0 unspecified atom stereocenters. The van der Waals surface area contributed by atoms with Crippen molar-refractivity contribution in [1.82, 2.24) is 10.2 Å². The minimum absolute atomic E-state index is 0.00883. The van der Waals surface area contributed by atoms with Crippen molar-refractivity contribution in [1.29, 1.82) is 0 Å². The summed E-state index contributed by atoms with van der Waals surface area (Å²) >= 11 is 0. The third-order valence-corrected chi connectivity index (χ3v) is 5.46. The summed E-state index contributed by atoms with van der Waals surface area (Å²) in [5, 5.41) is 16.3. The van der Waals surface area contributed by atoms with Crippen molar-refractivity contribution < 1.29 is 19.3 Å². The van der Waals surface area contributed by atoms with Crippen molar-refractivity contribution in [2.24, 2.45) is 5.41 Å². The molecule has 1 heterocycles. The summed E-state index contributed by atoms with van der Waals surface area (Å²) in [4.78, 5) is 48.3. The van der Waals surface area contributed by atoms with E-state index in [0.717, 1.165) is 37.0 Å². The van der Waals surface area contributed by atoms with Crippen LogP contribution in [0.3, 0.4) is 0 Å². The fourth-order valence-electron chi connectivity index (χ4n) is 3.95. The summed E-state index contributed by atoms with van der Waals surface area (Å²) in [5.41, 5.74) is 0.131.